The largest absolute Gasteiger partial charge is 0.480 e. The number of anilines is 1. The van der Waals surface area contributed by atoms with Crippen LogP contribution >= 0.6 is 11.3 Å². The van der Waals surface area contributed by atoms with Crippen molar-refractivity contribution in [1.29, 1.82) is 0 Å². The van der Waals surface area contributed by atoms with Gasteiger partial charge >= 0.3 is 12.0 Å². The van der Waals surface area contributed by atoms with Crippen molar-refractivity contribution in [3.63, 3.8) is 0 Å². The van der Waals surface area contributed by atoms with Gasteiger partial charge in [0, 0.05) is 30.2 Å². The number of amides is 2. The normalized spacial score (nSPS) is 22.7. The van der Waals surface area contributed by atoms with Crippen molar-refractivity contribution in [2.45, 2.75) is 62.8 Å². The molecule has 0 aromatic carbocycles. The maximum atomic E-state index is 14.0. The van der Waals surface area contributed by atoms with Gasteiger partial charge in [0.1, 0.15) is 11.0 Å². The highest BCUT2D eigenvalue weighted by Gasteiger charge is 2.40. The quantitative estimate of drug-likeness (QED) is 0.750. The molecule has 0 unspecified atom stereocenters. The maximum Gasteiger partial charge on any atom is 0.326 e. The van der Waals surface area contributed by atoms with Gasteiger partial charge in [-0.05, 0) is 37.7 Å². The highest BCUT2D eigenvalue weighted by Crippen LogP contribution is 2.48. The standard InChI is InChI=1S/C19H20F2N4O4S/c20-19(21)6-5-10-12(8-19)30-16(13(10)15-22-14(24-29-15)9-3-4-9)23-18(28)25-7-1-2-11(25)17(26)27/h9,11H,1-8H2,(H,23,28)(H,26,27)/t11-/m1/s1. The highest BCUT2D eigenvalue weighted by molar-refractivity contribution is 7.17. The van der Waals surface area contributed by atoms with Gasteiger partial charge < -0.3 is 14.5 Å². The molecular formula is C19H20F2N4O4S. The van der Waals surface area contributed by atoms with Crippen LogP contribution in [0.15, 0.2) is 4.52 Å². The molecule has 1 atom stereocenters. The Morgan fingerprint density at radius 3 is 2.83 bits per heavy atom. The van der Waals surface area contributed by atoms with E-state index in [-0.39, 0.29) is 24.7 Å². The summed E-state index contributed by atoms with van der Waals surface area (Å²) in [5.41, 5.74) is 1.19. The zero-order valence-electron chi connectivity index (χ0n) is 16.0. The van der Waals surface area contributed by atoms with Gasteiger partial charge in [0.2, 0.25) is 0 Å². The molecule has 3 aliphatic rings. The van der Waals surface area contributed by atoms with Crippen molar-refractivity contribution >= 4 is 28.3 Å². The molecule has 3 heterocycles. The average Bonchev–Trinajstić information content (AvgIpc) is 3.10. The number of fused-ring (bicyclic) bond motifs is 1. The smallest absolute Gasteiger partial charge is 0.326 e. The second-order valence-corrected chi connectivity index (χ2v) is 9.20. The van der Waals surface area contributed by atoms with E-state index in [0.717, 1.165) is 24.2 Å². The fourth-order valence-corrected chi connectivity index (χ4v) is 5.45. The van der Waals surface area contributed by atoms with Gasteiger partial charge in [-0.3, -0.25) is 5.32 Å². The van der Waals surface area contributed by atoms with E-state index in [0.29, 0.717) is 46.2 Å². The number of aliphatic carboxylic acids is 1. The number of thiophene rings is 1. The molecule has 2 fully saturated rings. The van der Waals surface area contributed by atoms with Crippen LogP contribution in [-0.4, -0.2) is 50.7 Å². The molecule has 1 saturated heterocycles. The lowest BCUT2D eigenvalue weighted by Crippen LogP contribution is -2.42. The topological polar surface area (TPSA) is 109 Å². The van der Waals surface area contributed by atoms with Crippen molar-refractivity contribution in [3.05, 3.63) is 16.3 Å². The Kier molecular flexibility index (Phi) is 4.53. The minimum Gasteiger partial charge on any atom is -0.480 e. The number of likely N-dealkylation sites (tertiary alicyclic amines) is 1. The molecule has 8 nitrogen and oxygen atoms in total. The summed E-state index contributed by atoms with van der Waals surface area (Å²) in [5, 5.41) is 16.5. The van der Waals surface area contributed by atoms with E-state index in [1.807, 2.05) is 0 Å². The summed E-state index contributed by atoms with van der Waals surface area (Å²) in [6.45, 7) is 0.327. The Morgan fingerprint density at radius 2 is 2.10 bits per heavy atom. The number of carboxylic acid groups (broad SMARTS) is 1. The van der Waals surface area contributed by atoms with Crippen LogP contribution in [-0.2, 0) is 17.6 Å². The number of carbonyl (C=O) groups excluding carboxylic acids is 1. The summed E-state index contributed by atoms with van der Waals surface area (Å²) >= 11 is 1.08. The Balaban J connectivity index is 1.49. The van der Waals surface area contributed by atoms with Crippen LogP contribution in [0.5, 0.6) is 0 Å². The van der Waals surface area contributed by atoms with E-state index >= 15 is 0 Å². The predicted molar refractivity (Wildman–Crippen MR) is 103 cm³/mol. The predicted octanol–water partition coefficient (Wildman–Crippen LogP) is 3.88. The van der Waals surface area contributed by atoms with Gasteiger partial charge in [-0.1, -0.05) is 5.16 Å². The molecule has 30 heavy (non-hydrogen) atoms. The molecule has 160 valence electrons. The Hall–Kier alpha value is -2.56. The third kappa shape index (κ3) is 3.44. The first-order chi connectivity index (χ1) is 14.3. The summed E-state index contributed by atoms with van der Waals surface area (Å²) in [5.74, 6) is -2.78. The molecule has 2 N–H and O–H groups in total. The van der Waals surface area contributed by atoms with Crippen LogP contribution in [0.3, 0.4) is 0 Å². The number of alkyl halides is 2. The molecule has 11 heteroatoms. The van der Waals surface area contributed by atoms with Gasteiger partial charge in [-0.15, -0.1) is 11.3 Å². The van der Waals surface area contributed by atoms with Gasteiger partial charge in [-0.25, -0.2) is 18.4 Å². The number of nitrogens with one attached hydrogen (secondary N) is 1. The Morgan fingerprint density at radius 1 is 1.30 bits per heavy atom. The number of hydrogen-bond donors (Lipinski definition) is 2. The number of halogens is 2. The molecule has 1 aliphatic heterocycles. The van der Waals surface area contributed by atoms with Gasteiger partial charge in [0.25, 0.3) is 11.8 Å². The second kappa shape index (κ2) is 7.00. The van der Waals surface area contributed by atoms with Crippen molar-refractivity contribution in [2.24, 2.45) is 0 Å². The molecule has 2 amide bonds. The zero-order valence-corrected chi connectivity index (χ0v) is 16.8. The van der Waals surface area contributed by atoms with Crippen LogP contribution in [0.25, 0.3) is 11.5 Å². The average molecular weight is 438 g/mol. The lowest BCUT2D eigenvalue weighted by Gasteiger charge is -2.22. The summed E-state index contributed by atoms with van der Waals surface area (Å²) in [6.07, 6.45) is 2.42. The summed E-state index contributed by atoms with van der Waals surface area (Å²) in [6, 6.07) is -1.45. The fourth-order valence-electron chi connectivity index (χ4n) is 4.14. The number of carbonyl (C=O) groups is 2. The number of aromatic nitrogens is 2. The number of urea groups is 1. The lowest BCUT2D eigenvalue weighted by molar-refractivity contribution is -0.141. The fraction of sp³-hybridized carbons (Fsp3) is 0.579. The number of carboxylic acids is 1. The summed E-state index contributed by atoms with van der Waals surface area (Å²) in [7, 11) is 0. The highest BCUT2D eigenvalue weighted by atomic mass is 32.1. The van der Waals surface area contributed by atoms with Crippen LogP contribution in [0.1, 0.15) is 54.3 Å². The maximum absolute atomic E-state index is 14.0. The van der Waals surface area contributed by atoms with E-state index in [9.17, 15) is 23.5 Å². The molecule has 2 aliphatic carbocycles. The van der Waals surface area contributed by atoms with Crippen molar-refractivity contribution < 1.29 is 28.0 Å². The molecule has 0 radical (unpaired) electrons. The molecule has 5 rings (SSSR count). The monoisotopic (exact) mass is 438 g/mol. The lowest BCUT2D eigenvalue weighted by atomic mass is 9.92. The minimum atomic E-state index is -2.80. The van der Waals surface area contributed by atoms with E-state index in [1.165, 1.54) is 4.90 Å². The molecule has 0 spiro atoms. The molecule has 2 aromatic rings. The number of rotatable bonds is 4. The summed E-state index contributed by atoms with van der Waals surface area (Å²) in [4.78, 5) is 30.4. The van der Waals surface area contributed by atoms with Crippen molar-refractivity contribution in [2.75, 3.05) is 11.9 Å². The first kappa shape index (κ1) is 19.4. The van der Waals surface area contributed by atoms with Crippen LogP contribution in [0, 0.1) is 0 Å². The Labute approximate surface area is 174 Å². The van der Waals surface area contributed by atoms with E-state index < -0.39 is 30.4 Å². The zero-order chi connectivity index (χ0) is 21.0. The molecular weight excluding hydrogens is 418 g/mol. The van der Waals surface area contributed by atoms with Crippen LogP contribution in [0.2, 0.25) is 0 Å². The summed E-state index contributed by atoms with van der Waals surface area (Å²) < 4.78 is 33.4. The Bertz CT molecular complexity index is 1020. The van der Waals surface area contributed by atoms with Crippen LogP contribution < -0.4 is 5.32 Å². The van der Waals surface area contributed by atoms with Crippen molar-refractivity contribution in [1.82, 2.24) is 15.0 Å². The van der Waals surface area contributed by atoms with Gasteiger partial charge in [-0.2, -0.15) is 4.98 Å². The van der Waals surface area contributed by atoms with Gasteiger partial charge in [0.05, 0.1) is 5.56 Å². The minimum absolute atomic E-state index is 0.145. The van der Waals surface area contributed by atoms with Crippen LogP contribution in [0.4, 0.5) is 18.6 Å². The third-order valence-electron chi connectivity index (χ3n) is 5.87. The van der Waals surface area contributed by atoms with Crippen molar-refractivity contribution in [3.8, 4) is 11.5 Å². The first-order valence-corrected chi connectivity index (χ1v) is 10.8. The first-order valence-electron chi connectivity index (χ1n) is 9.99. The van der Waals surface area contributed by atoms with E-state index in [4.69, 9.17) is 4.52 Å². The molecule has 0 bridgehead atoms. The van der Waals surface area contributed by atoms with E-state index in [1.54, 1.807) is 0 Å². The SMILES string of the molecule is O=C(O)[C@H]1CCCN1C(=O)Nc1sc2c(c1-c1nc(C3CC3)no1)CCC(F)(F)C2. The number of nitrogens with zero attached hydrogens (tertiary/aromatic N) is 3. The number of hydrogen-bond acceptors (Lipinski definition) is 6. The second-order valence-electron chi connectivity index (χ2n) is 8.09. The van der Waals surface area contributed by atoms with Gasteiger partial charge in [0.15, 0.2) is 5.82 Å². The molecule has 2 aromatic heterocycles. The van der Waals surface area contributed by atoms with E-state index in [2.05, 4.69) is 15.5 Å². The third-order valence-corrected chi connectivity index (χ3v) is 7.02. The molecule has 1 saturated carbocycles.